The molecule has 0 unspecified atom stereocenters. The predicted octanol–water partition coefficient (Wildman–Crippen LogP) is 2.00. The van der Waals surface area contributed by atoms with Crippen LogP contribution in [-0.2, 0) is 9.59 Å². The second kappa shape index (κ2) is 6.97. The number of nitrogens with zero attached hydrogens (tertiary/aromatic N) is 1. The Morgan fingerprint density at radius 2 is 1.65 bits per heavy atom. The van der Waals surface area contributed by atoms with Gasteiger partial charge in [-0.25, -0.2) is 4.79 Å². The number of hydrogen-bond acceptors (Lipinski definition) is 3. The maximum absolute atomic E-state index is 11.8. The van der Waals surface area contributed by atoms with E-state index in [1.54, 1.807) is 0 Å². The molecule has 2 amide bonds. The average Bonchev–Trinajstić information content (AvgIpc) is 2.31. The van der Waals surface area contributed by atoms with Crippen molar-refractivity contribution < 1.29 is 24.6 Å². The molecule has 20 heavy (non-hydrogen) atoms. The fourth-order valence-electron chi connectivity index (χ4n) is 1.31. The molecule has 0 spiro atoms. The summed E-state index contributed by atoms with van der Waals surface area (Å²) in [4.78, 5) is 33.7. The number of carboxylic acid groups (broad SMARTS) is 2. The Labute approximate surface area is 123 Å². The minimum absolute atomic E-state index is 0.157. The van der Waals surface area contributed by atoms with E-state index in [1.807, 2.05) is 0 Å². The lowest BCUT2D eigenvalue weighted by atomic mass is 10.3. The molecule has 1 aromatic carbocycles. The standard InChI is InChI=1S/C11H10Cl2N2O5/c12-6-1-2-7(13)8(3-6)14-11(20)15(4-9(16)17)5-10(18)19/h1-3H,4-5H2,(H,14,20)(H,16,17)(H,18,19). The summed E-state index contributed by atoms with van der Waals surface area (Å²) in [5.41, 5.74) is 0.157. The number of urea groups is 1. The van der Waals surface area contributed by atoms with Crippen LogP contribution in [0, 0.1) is 0 Å². The number of aliphatic carboxylic acids is 2. The molecule has 0 saturated carbocycles. The minimum Gasteiger partial charge on any atom is -0.480 e. The zero-order valence-corrected chi connectivity index (χ0v) is 11.5. The molecule has 7 nitrogen and oxygen atoms in total. The van der Waals surface area contributed by atoms with Gasteiger partial charge in [-0.3, -0.25) is 9.59 Å². The maximum atomic E-state index is 11.8. The summed E-state index contributed by atoms with van der Waals surface area (Å²) >= 11 is 11.6. The Morgan fingerprint density at radius 3 is 2.15 bits per heavy atom. The van der Waals surface area contributed by atoms with Crippen LogP contribution in [0.3, 0.4) is 0 Å². The van der Waals surface area contributed by atoms with Crippen LogP contribution in [0.2, 0.25) is 10.0 Å². The Balaban J connectivity index is 2.86. The number of carbonyl (C=O) groups is 3. The highest BCUT2D eigenvalue weighted by Gasteiger charge is 2.20. The van der Waals surface area contributed by atoms with Gasteiger partial charge in [0.05, 0.1) is 10.7 Å². The summed E-state index contributed by atoms with van der Waals surface area (Å²) < 4.78 is 0. The van der Waals surface area contributed by atoms with Crippen LogP contribution in [0.25, 0.3) is 0 Å². The van der Waals surface area contributed by atoms with Gasteiger partial charge in [0, 0.05) is 5.02 Å². The van der Waals surface area contributed by atoms with Crippen LogP contribution in [0.4, 0.5) is 10.5 Å². The summed E-state index contributed by atoms with van der Waals surface area (Å²) in [6, 6.07) is 3.41. The summed E-state index contributed by atoms with van der Waals surface area (Å²) in [7, 11) is 0. The molecule has 0 saturated heterocycles. The molecule has 0 bridgehead atoms. The van der Waals surface area contributed by atoms with Crippen molar-refractivity contribution in [2.24, 2.45) is 0 Å². The first-order chi connectivity index (χ1) is 9.29. The molecular formula is C11H10Cl2N2O5. The van der Waals surface area contributed by atoms with Crippen molar-refractivity contribution in [3.8, 4) is 0 Å². The van der Waals surface area contributed by atoms with Gasteiger partial charge < -0.3 is 20.4 Å². The van der Waals surface area contributed by atoms with E-state index in [0.717, 1.165) is 0 Å². The van der Waals surface area contributed by atoms with Gasteiger partial charge in [0.15, 0.2) is 0 Å². The van der Waals surface area contributed by atoms with Crippen molar-refractivity contribution in [2.45, 2.75) is 0 Å². The summed E-state index contributed by atoms with van der Waals surface area (Å²) in [5.74, 6) is -2.67. The van der Waals surface area contributed by atoms with Gasteiger partial charge in [-0.1, -0.05) is 23.2 Å². The van der Waals surface area contributed by atoms with E-state index in [1.165, 1.54) is 18.2 Å². The highest BCUT2D eigenvalue weighted by molar-refractivity contribution is 6.35. The topological polar surface area (TPSA) is 107 Å². The smallest absolute Gasteiger partial charge is 0.323 e. The lowest BCUT2D eigenvalue weighted by Crippen LogP contribution is -2.42. The molecule has 0 aliphatic rings. The highest BCUT2D eigenvalue weighted by atomic mass is 35.5. The minimum atomic E-state index is -1.33. The number of anilines is 1. The first-order valence-electron chi connectivity index (χ1n) is 5.24. The third kappa shape index (κ3) is 4.94. The number of hydrogen-bond donors (Lipinski definition) is 3. The number of halogens is 2. The second-order valence-corrected chi connectivity index (χ2v) is 4.54. The molecule has 0 radical (unpaired) electrons. The number of rotatable bonds is 5. The van der Waals surface area contributed by atoms with E-state index in [-0.39, 0.29) is 10.7 Å². The van der Waals surface area contributed by atoms with E-state index in [2.05, 4.69) is 5.32 Å². The largest absolute Gasteiger partial charge is 0.480 e. The second-order valence-electron chi connectivity index (χ2n) is 3.70. The number of nitrogens with one attached hydrogen (secondary N) is 1. The Kier molecular flexibility index (Phi) is 5.60. The van der Waals surface area contributed by atoms with E-state index >= 15 is 0 Å². The molecule has 1 rings (SSSR count). The highest BCUT2D eigenvalue weighted by Crippen LogP contribution is 2.25. The molecule has 0 heterocycles. The van der Waals surface area contributed by atoms with E-state index < -0.39 is 31.1 Å². The zero-order chi connectivity index (χ0) is 15.3. The van der Waals surface area contributed by atoms with Crippen molar-refractivity contribution in [1.29, 1.82) is 0 Å². The zero-order valence-electron chi connectivity index (χ0n) is 9.97. The lowest BCUT2D eigenvalue weighted by molar-refractivity contribution is -0.140. The third-order valence-corrected chi connectivity index (χ3v) is 2.67. The lowest BCUT2D eigenvalue weighted by Gasteiger charge is -2.19. The van der Waals surface area contributed by atoms with Gasteiger partial charge >= 0.3 is 18.0 Å². The Morgan fingerprint density at radius 1 is 1.10 bits per heavy atom. The van der Waals surface area contributed by atoms with Crippen molar-refractivity contribution in [3.05, 3.63) is 28.2 Å². The van der Waals surface area contributed by atoms with Gasteiger partial charge in [-0.05, 0) is 18.2 Å². The average molecular weight is 321 g/mol. The van der Waals surface area contributed by atoms with Gasteiger partial charge in [0.2, 0.25) is 0 Å². The molecule has 108 valence electrons. The molecule has 9 heteroatoms. The van der Waals surface area contributed by atoms with Crippen LogP contribution in [0.5, 0.6) is 0 Å². The molecule has 0 aliphatic heterocycles. The first-order valence-corrected chi connectivity index (χ1v) is 5.99. The maximum Gasteiger partial charge on any atom is 0.323 e. The number of amides is 2. The molecule has 1 aromatic rings. The monoisotopic (exact) mass is 320 g/mol. The van der Waals surface area contributed by atoms with Gasteiger partial charge in [0.25, 0.3) is 0 Å². The Bertz CT molecular complexity index is 534. The van der Waals surface area contributed by atoms with Gasteiger partial charge in [-0.15, -0.1) is 0 Å². The van der Waals surface area contributed by atoms with Crippen molar-refractivity contribution in [3.63, 3.8) is 0 Å². The Hall–Kier alpha value is -1.99. The molecule has 0 fully saturated rings. The predicted molar refractivity (Wildman–Crippen MR) is 72.3 cm³/mol. The molecular weight excluding hydrogens is 311 g/mol. The van der Waals surface area contributed by atoms with E-state index in [9.17, 15) is 14.4 Å². The van der Waals surface area contributed by atoms with Crippen LogP contribution >= 0.6 is 23.2 Å². The summed E-state index contributed by atoms with van der Waals surface area (Å²) in [5, 5.41) is 20.1. The molecule has 3 N–H and O–H groups in total. The van der Waals surface area contributed by atoms with Crippen molar-refractivity contribution >= 4 is 46.9 Å². The van der Waals surface area contributed by atoms with Gasteiger partial charge in [0.1, 0.15) is 13.1 Å². The van der Waals surface area contributed by atoms with Crippen LogP contribution in [0.1, 0.15) is 0 Å². The number of carboxylic acids is 2. The third-order valence-electron chi connectivity index (χ3n) is 2.11. The van der Waals surface area contributed by atoms with E-state index in [4.69, 9.17) is 33.4 Å². The van der Waals surface area contributed by atoms with Gasteiger partial charge in [-0.2, -0.15) is 0 Å². The number of benzene rings is 1. The molecule has 0 aliphatic carbocycles. The number of carbonyl (C=O) groups excluding carboxylic acids is 1. The first kappa shape index (κ1) is 16.1. The van der Waals surface area contributed by atoms with Crippen molar-refractivity contribution in [1.82, 2.24) is 4.90 Å². The van der Waals surface area contributed by atoms with E-state index in [0.29, 0.717) is 9.92 Å². The summed E-state index contributed by atoms with van der Waals surface area (Å²) in [6.07, 6.45) is 0. The SMILES string of the molecule is O=C(O)CN(CC(=O)O)C(=O)Nc1cc(Cl)ccc1Cl. The fraction of sp³-hybridized carbons (Fsp3) is 0.182. The van der Waals surface area contributed by atoms with Crippen LogP contribution < -0.4 is 5.32 Å². The molecule has 0 aromatic heterocycles. The normalized spacial score (nSPS) is 9.90. The van der Waals surface area contributed by atoms with Crippen LogP contribution in [0.15, 0.2) is 18.2 Å². The van der Waals surface area contributed by atoms with Crippen LogP contribution in [-0.4, -0.2) is 46.2 Å². The molecule has 0 atom stereocenters. The fourth-order valence-corrected chi connectivity index (χ4v) is 1.65. The summed E-state index contributed by atoms with van der Waals surface area (Å²) in [6.45, 7) is -1.51. The quantitative estimate of drug-likeness (QED) is 0.769. The van der Waals surface area contributed by atoms with Crippen molar-refractivity contribution in [2.75, 3.05) is 18.4 Å².